The number of ether oxygens (including phenoxy) is 1. The van der Waals surface area contributed by atoms with E-state index in [-0.39, 0.29) is 0 Å². The number of halogens is 1. The zero-order chi connectivity index (χ0) is 10.6. The van der Waals surface area contributed by atoms with Gasteiger partial charge in [-0.15, -0.1) is 0 Å². The third-order valence-electron chi connectivity index (χ3n) is 1.79. The molecule has 1 rings (SSSR count). The fraction of sp³-hybridized carbons (Fsp3) is 0.300. The van der Waals surface area contributed by atoms with Gasteiger partial charge in [0.1, 0.15) is 5.75 Å². The normalized spacial score (nSPS) is 12.1. The molecule has 76 valence electrons. The Bertz CT molecular complexity index is 328. The first-order chi connectivity index (χ1) is 6.65. The van der Waals surface area contributed by atoms with Gasteiger partial charge < -0.3 is 10.5 Å². The molecular formula is C10H12BrNO2. The van der Waals surface area contributed by atoms with E-state index in [1.807, 2.05) is 25.1 Å². The molecule has 3 nitrogen and oxygen atoms in total. The fourth-order valence-corrected chi connectivity index (χ4v) is 1.41. The minimum absolute atomic E-state index is 0.441. The van der Waals surface area contributed by atoms with E-state index in [1.54, 1.807) is 6.07 Å². The zero-order valence-electron chi connectivity index (χ0n) is 7.87. The Hall–Kier alpha value is -1.03. The minimum Gasteiger partial charge on any atom is -0.479 e. The van der Waals surface area contributed by atoms with E-state index in [1.165, 1.54) is 0 Å². The van der Waals surface area contributed by atoms with Crippen molar-refractivity contribution in [3.63, 3.8) is 0 Å². The van der Waals surface area contributed by atoms with Crippen LogP contribution >= 0.6 is 15.9 Å². The lowest BCUT2D eigenvalue weighted by Crippen LogP contribution is -2.33. The van der Waals surface area contributed by atoms with Crippen molar-refractivity contribution in [2.24, 2.45) is 5.73 Å². The second kappa shape index (κ2) is 5.00. The number of nitrogens with two attached hydrogens (primary N) is 1. The molecule has 0 aromatic heterocycles. The number of rotatable bonds is 4. The predicted octanol–water partition coefficient (Wildman–Crippen LogP) is 2.09. The quantitative estimate of drug-likeness (QED) is 0.898. The molecular weight excluding hydrogens is 246 g/mol. The molecule has 1 aromatic rings. The second-order valence-electron chi connectivity index (χ2n) is 2.85. The Morgan fingerprint density at radius 1 is 1.57 bits per heavy atom. The van der Waals surface area contributed by atoms with Crippen molar-refractivity contribution in [3.05, 3.63) is 28.7 Å². The topological polar surface area (TPSA) is 52.3 Å². The molecule has 0 aliphatic carbocycles. The van der Waals surface area contributed by atoms with Gasteiger partial charge in [-0.3, -0.25) is 4.79 Å². The van der Waals surface area contributed by atoms with Gasteiger partial charge in [-0.25, -0.2) is 0 Å². The van der Waals surface area contributed by atoms with Crippen molar-refractivity contribution in [1.82, 2.24) is 0 Å². The number of hydrogen-bond acceptors (Lipinski definition) is 2. The Labute approximate surface area is 91.4 Å². The zero-order valence-corrected chi connectivity index (χ0v) is 9.45. The van der Waals surface area contributed by atoms with Crippen LogP contribution in [0, 0.1) is 0 Å². The maximum atomic E-state index is 10.9. The van der Waals surface area contributed by atoms with Gasteiger partial charge in [0, 0.05) is 0 Å². The number of primary amides is 1. The van der Waals surface area contributed by atoms with E-state index in [0.29, 0.717) is 12.2 Å². The van der Waals surface area contributed by atoms with Crippen molar-refractivity contribution < 1.29 is 9.53 Å². The largest absolute Gasteiger partial charge is 0.479 e. The van der Waals surface area contributed by atoms with Crippen LogP contribution in [-0.4, -0.2) is 12.0 Å². The lowest BCUT2D eigenvalue weighted by molar-refractivity contribution is -0.124. The van der Waals surface area contributed by atoms with E-state index >= 15 is 0 Å². The number of carbonyl (C=O) groups excluding carboxylic acids is 1. The molecule has 1 aromatic carbocycles. The molecule has 0 bridgehead atoms. The summed E-state index contributed by atoms with van der Waals surface area (Å²) >= 11 is 3.33. The summed E-state index contributed by atoms with van der Waals surface area (Å²) < 4.78 is 6.25. The summed E-state index contributed by atoms with van der Waals surface area (Å²) in [7, 11) is 0. The molecule has 1 atom stereocenters. The second-order valence-corrected chi connectivity index (χ2v) is 3.70. The van der Waals surface area contributed by atoms with E-state index in [0.717, 1.165) is 4.47 Å². The summed E-state index contributed by atoms with van der Waals surface area (Å²) in [5.74, 6) is 0.196. The molecule has 0 fully saturated rings. The first kappa shape index (κ1) is 11.0. The van der Waals surface area contributed by atoms with Crippen LogP contribution in [0.3, 0.4) is 0 Å². The Balaban J connectivity index is 2.77. The smallest absolute Gasteiger partial charge is 0.258 e. The predicted molar refractivity (Wildman–Crippen MR) is 58.0 cm³/mol. The molecule has 0 heterocycles. The van der Waals surface area contributed by atoms with Gasteiger partial charge in [0.05, 0.1) is 4.47 Å². The number of hydrogen-bond donors (Lipinski definition) is 1. The van der Waals surface area contributed by atoms with Crippen molar-refractivity contribution in [2.45, 2.75) is 19.4 Å². The van der Waals surface area contributed by atoms with Crippen molar-refractivity contribution in [1.29, 1.82) is 0 Å². The van der Waals surface area contributed by atoms with Gasteiger partial charge in [-0.05, 0) is 34.5 Å². The van der Waals surface area contributed by atoms with Crippen LogP contribution in [0.15, 0.2) is 28.7 Å². The van der Waals surface area contributed by atoms with Gasteiger partial charge in [-0.2, -0.15) is 0 Å². The average molecular weight is 258 g/mol. The van der Waals surface area contributed by atoms with E-state index < -0.39 is 12.0 Å². The van der Waals surface area contributed by atoms with Crippen molar-refractivity contribution in [2.75, 3.05) is 0 Å². The standard InChI is InChI=1S/C10H12BrNO2/c1-2-8(10(12)13)14-9-6-4-3-5-7(9)11/h3-6,8H,2H2,1H3,(H2,12,13). The number of benzene rings is 1. The third kappa shape index (κ3) is 2.73. The van der Waals surface area contributed by atoms with Crippen LogP contribution in [0.5, 0.6) is 5.75 Å². The van der Waals surface area contributed by atoms with Crippen LogP contribution in [0.2, 0.25) is 0 Å². The first-order valence-electron chi connectivity index (χ1n) is 4.35. The lowest BCUT2D eigenvalue weighted by Gasteiger charge is -2.14. The molecule has 0 saturated carbocycles. The Kier molecular flexibility index (Phi) is 3.95. The molecule has 4 heteroatoms. The Morgan fingerprint density at radius 3 is 2.71 bits per heavy atom. The highest BCUT2D eigenvalue weighted by Crippen LogP contribution is 2.25. The fourth-order valence-electron chi connectivity index (χ4n) is 1.04. The number of carbonyl (C=O) groups is 1. The molecule has 0 aliphatic heterocycles. The van der Waals surface area contributed by atoms with Crippen LogP contribution < -0.4 is 10.5 Å². The van der Waals surface area contributed by atoms with Crippen LogP contribution in [-0.2, 0) is 4.79 Å². The molecule has 0 saturated heterocycles. The maximum absolute atomic E-state index is 10.9. The Morgan fingerprint density at radius 2 is 2.21 bits per heavy atom. The molecule has 0 spiro atoms. The monoisotopic (exact) mass is 257 g/mol. The number of amides is 1. The summed E-state index contributed by atoms with van der Waals surface area (Å²) in [5.41, 5.74) is 5.17. The van der Waals surface area contributed by atoms with Crippen LogP contribution in [0.25, 0.3) is 0 Å². The first-order valence-corrected chi connectivity index (χ1v) is 5.15. The third-order valence-corrected chi connectivity index (χ3v) is 2.45. The summed E-state index contributed by atoms with van der Waals surface area (Å²) in [6, 6.07) is 7.36. The molecule has 0 aliphatic rings. The van der Waals surface area contributed by atoms with Gasteiger partial charge >= 0.3 is 0 Å². The van der Waals surface area contributed by atoms with E-state index in [4.69, 9.17) is 10.5 Å². The highest BCUT2D eigenvalue weighted by molar-refractivity contribution is 9.10. The van der Waals surface area contributed by atoms with Crippen LogP contribution in [0.1, 0.15) is 13.3 Å². The SMILES string of the molecule is CCC(Oc1ccccc1Br)C(N)=O. The van der Waals surface area contributed by atoms with E-state index in [2.05, 4.69) is 15.9 Å². The average Bonchev–Trinajstić information content (AvgIpc) is 2.16. The van der Waals surface area contributed by atoms with Crippen molar-refractivity contribution in [3.8, 4) is 5.75 Å². The summed E-state index contributed by atoms with van der Waals surface area (Å²) in [4.78, 5) is 10.9. The van der Waals surface area contributed by atoms with Gasteiger partial charge in [0.15, 0.2) is 6.10 Å². The lowest BCUT2D eigenvalue weighted by atomic mass is 10.2. The van der Waals surface area contributed by atoms with Gasteiger partial charge in [0.2, 0.25) is 0 Å². The van der Waals surface area contributed by atoms with Gasteiger partial charge in [-0.1, -0.05) is 19.1 Å². The summed E-state index contributed by atoms with van der Waals surface area (Å²) in [6.45, 7) is 1.85. The van der Waals surface area contributed by atoms with Crippen molar-refractivity contribution >= 4 is 21.8 Å². The summed E-state index contributed by atoms with van der Waals surface area (Å²) in [5, 5.41) is 0. The molecule has 1 unspecified atom stereocenters. The molecule has 0 radical (unpaired) electrons. The minimum atomic E-state index is -0.561. The maximum Gasteiger partial charge on any atom is 0.258 e. The van der Waals surface area contributed by atoms with Gasteiger partial charge in [0.25, 0.3) is 5.91 Å². The highest BCUT2D eigenvalue weighted by Gasteiger charge is 2.15. The highest BCUT2D eigenvalue weighted by atomic mass is 79.9. The molecule has 2 N–H and O–H groups in total. The molecule has 1 amide bonds. The summed E-state index contributed by atoms with van der Waals surface area (Å²) in [6.07, 6.45) is 0.00475. The van der Waals surface area contributed by atoms with E-state index in [9.17, 15) is 4.79 Å². The number of para-hydroxylation sites is 1. The van der Waals surface area contributed by atoms with Crippen LogP contribution in [0.4, 0.5) is 0 Å². The molecule has 14 heavy (non-hydrogen) atoms.